The molecule has 1 saturated heterocycles. The van der Waals surface area contributed by atoms with Crippen LogP contribution in [0, 0.1) is 5.82 Å². The number of benzene rings is 1. The average Bonchev–Trinajstić information content (AvgIpc) is 2.82. The number of ketones is 1. The number of nitrogens with one attached hydrogen (secondary N) is 2. The normalized spacial score (nSPS) is 17.1. The number of Topliss-reactive ketones (excluding diaryl/α,β-unsaturated/α-hetero) is 1. The summed E-state index contributed by atoms with van der Waals surface area (Å²) in [4.78, 5) is 18.8. The molecule has 2 N–H and O–H groups in total. The minimum Gasteiger partial charge on any atom is -0.375 e. The van der Waals surface area contributed by atoms with Crippen molar-refractivity contribution in [3.05, 3.63) is 46.4 Å². The smallest absolute Gasteiger partial charge is 0.266 e. The summed E-state index contributed by atoms with van der Waals surface area (Å²) >= 11 is 5.71. The van der Waals surface area contributed by atoms with Gasteiger partial charge in [0.25, 0.3) is 6.43 Å². The summed E-state index contributed by atoms with van der Waals surface area (Å²) in [6.07, 6.45) is -1.74. The van der Waals surface area contributed by atoms with Gasteiger partial charge in [0.1, 0.15) is 11.9 Å². The Morgan fingerprint density at radius 3 is 2.55 bits per heavy atom. The van der Waals surface area contributed by atoms with Crippen LogP contribution >= 0.6 is 11.6 Å². The summed E-state index contributed by atoms with van der Waals surface area (Å²) in [5.74, 6) is -0.465. The second-order valence-electron chi connectivity index (χ2n) is 7.07. The minimum absolute atomic E-state index is 0.0905. The van der Waals surface area contributed by atoms with Gasteiger partial charge in [-0.05, 0) is 26.5 Å². The zero-order chi connectivity index (χ0) is 24.8. The van der Waals surface area contributed by atoms with Crippen molar-refractivity contribution < 1.29 is 22.7 Å². The number of carbonyl (C=O) groups excluding carboxylic acids is 1. The number of nitrogens with zero attached hydrogens (tertiary/aromatic N) is 2. The summed E-state index contributed by atoms with van der Waals surface area (Å²) < 4.78 is 44.7. The topological polar surface area (TPSA) is 75.1 Å². The number of amidine groups is 1. The van der Waals surface area contributed by atoms with Crippen molar-refractivity contribution in [1.29, 1.82) is 0 Å². The third-order valence-corrected chi connectivity index (χ3v) is 5.03. The van der Waals surface area contributed by atoms with E-state index in [1.165, 1.54) is 12.1 Å². The highest BCUT2D eigenvalue weighted by Crippen LogP contribution is 2.24. The Bertz CT molecular complexity index is 841. The molecule has 33 heavy (non-hydrogen) atoms. The van der Waals surface area contributed by atoms with Crippen LogP contribution in [0.2, 0.25) is 0 Å². The number of aliphatic imine (C=N–C) groups is 2. The van der Waals surface area contributed by atoms with E-state index < -0.39 is 17.8 Å². The first-order valence-electron chi connectivity index (χ1n) is 10.7. The van der Waals surface area contributed by atoms with Crippen molar-refractivity contribution in [2.24, 2.45) is 9.98 Å². The fourth-order valence-electron chi connectivity index (χ4n) is 3.15. The molecule has 1 unspecified atom stereocenters. The van der Waals surface area contributed by atoms with Gasteiger partial charge in [-0.25, -0.2) is 18.2 Å². The molecule has 1 aliphatic rings. The van der Waals surface area contributed by atoms with Crippen LogP contribution in [0.15, 0.2) is 39.5 Å². The molecule has 1 fully saturated rings. The van der Waals surface area contributed by atoms with Crippen LogP contribution in [0.3, 0.4) is 0 Å². The molecule has 1 heterocycles. The van der Waals surface area contributed by atoms with Crippen molar-refractivity contribution in [3.63, 3.8) is 0 Å². The van der Waals surface area contributed by atoms with Gasteiger partial charge in [0.2, 0.25) is 0 Å². The lowest BCUT2D eigenvalue weighted by atomic mass is 10.1. The number of halogens is 4. The highest BCUT2D eigenvalue weighted by molar-refractivity contribution is 6.17. The molecule has 1 aromatic carbocycles. The van der Waals surface area contributed by atoms with Gasteiger partial charge in [-0.3, -0.25) is 9.79 Å². The van der Waals surface area contributed by atoms with Gasteiger partial charge >= 0.3 is 0 Å². The van der Waals surface area contributed by atoms with Gasteiger partial charge < -0.3 is 15.4 Å². The number of hydrogen-bond acceptors (Lipinski definition) is 5. The lowest BCUT2D eigenvalue weighted by molar-refractivity contribution is -0.129. The van der Waals surface area contributed by atoms with Gasteiger partial charge in [0, 0.05) is 29.9 Å². The molecule has 0 saturated carbocycles. The number of carbonyl (C=O) groups is 1. The molecule has 0 spiro atoms. The largest absolute Gasteiger partial charge is 0.375 e. The maximum Gasteiger partial charge on any atom is 0.266 e. The van der Waals surface area contributed by atoms with E-state index >= 15 is 0 Å². The molecule has 0 bridgehead atoms. The number of alkyl halides is 3. The first-order valence-corrected chi connectivity index (χ1v) is 11.3. The van der Waals surface area contributed by atoms with E-state index in [-0.39, 0.29) is 30.0 Å². The van der Waals surface area contributed by atoms with E-state index in [0.29, 0.717) is 31.8 Å². The lowest BCUT2D eigenvalue weighted by Gasteiger charge is -2.20. The van der Waals surface area contributed by atoms with Crippen LogP contribution in [0.4, 0.5) is 13.2 Å². The molecular formula is C23H32ClF3N4O2. The quantitative estimate of drug-likeness (QED) is 0.227. The average molecular weight is 489 g/mol. The van der Waals surface area contributed by atoms with E-state index in [1.807, 2.05) is 13.8 Å². The Kier molecular flexibility index (Phi) is 13.6. The van der Waals surface area contributed by atoms with Crippen LogP contribution in [0.1, 0.15) is 51.2 Å². The Morgan fingerprint density at radius 1 is 1.36 bits per heavy atom. The summed E-state index contributed by atoms with van der Waals surface area (Å²) in [5, 5.41) is 6.11. The van der Waals surface area contributed by atoms with Gasteiger partial charge in [-0.15, -0.1) is 11.6 Å². The van der Waals surface area contributed by atoms with Crippen LogP contribution in [-0.4, -0.2) is 50.1 Å². The molecule has 6 nitrogen and oxygen atoms in total. The second kappa shape index (κ2) is 15.6. The minimum atomic E-state index is -2.86. The summed E-state index contributed by atoms with van der Waals surface area (Å²) in [6.45, 7) is 11.0. The van der Waals surface area contributed by atoms with E-state index in [9.17, 15) is 18.0 Å². The number of rotatable bonds is 9. The van der Waals surface area contributed by atoms with Crippen LogP contribution in [0.25, 0.3) is 0 Å². The highest BCUT2D eigenvalue weighted by Gasteiger charge is 2.17. The van der Waals surface area contributed by atoms with Crippen molar-refractivity contribution in [2.45, 2.75) is 52.7 Å². The zero-order valence-corrected chi connectivity index (χ0v) is 20.0. The molecule has 1 aliphatic heterocycles. The van der Waals surface area contributed by atoms with Gasteiger partial charge in [-0.1, -0.05) is 32.0 Å². The van der Waals surface area contributed by atoms with E-state index in [1.54, 1.807) is 6.92 Å². The number of hydrogen-bond donors (Lipinski definition) is 2. The van der Waals surface area contributed by atoms with E-state index in [0.717, 1.165) is 23.9 Å². The van der Waals surface area contributed by atoms with E-state index in [4.69, 9.17) is 16.3 Å². The lowest BCUT2D eigenvalue weighted by Crippen LogP contribution is -2.42. The molecule has 10 heteroatoms. The summed E-state index contributed by atoms with van der Waals surface area (Å²) in [5.41, 5.74) is 1.16. The molecule has 0 aromatic heterocycles. The third-order valence-electron chi connectivity index (χ3n) is 4.90. The Balaban J connectivity index is 0.000000502. The molecule has 0 amide bonds. The van der Waals surface area contributed by atoms with Crippen molar-refractivity contribution >= 4 is 29.9 Å². The first-order chi connectivity index (χ1) is 15.8. The molecule has 0 radical (unpaired) electrons. The predicted octanol–water partition coefficient (Wildman–Crippen LogP) is 4.79. The maximum atomic E-state index is 14.1. The monoisotopic (exact) mass is 488 g/mol. The SMILES string of the molecule is C=NC(=NCc1cccc(C(F)F)c1F)/C(CC)=C(/CC)NCCl.CC(=O)C1CNCCO1. The van der Waals surface area contributed by atoms with Crippen LogP contribution in [0.5, 0.6) is 0 Å². The predicted molar refractivity (Wildman–Crippen MR) is 127 cm³/mol. The number of ether oxygens (including phenoxy) is 1. The highest BCUT2D eigenvalue weighted by atomic mass is 35.5. The Labute approximate surface area is 198 Å². The van der Waals surface area contributed by atoms with Crippen LogP contribution in [-0.2, 0) is 16.1 Å². The van der Waals surface area contributed by atoms with Gasteiger partial charge in [0.05, 0.1) is 24.7 Å². The summed E-state index contributed by atoms with van der Waals surface area (Å²) in [7, 11) is 0. The summed E-state index contributed by atoms with van der Waals surface area (Å²) in [6, 6.07) is 4.12. The zero-order valence-electron chi connectivity index (χ0n) is 19.3. The fourth-order valence-corrected chi connectivity index (χ4v) is 3.31. The Morgan fingerprint density at radius 2 is 2.09 bits per heavy atom. The van der Waals surface area contributed by atoms with E-state index in [2.05, 4.69) is 27.3 Å². The Hall–Kier alpha value is -2.23. The van der Waals surface area contributed by atoms with Crippen molar-refractivity contribution in [3.8, 4) is 0 Å². The van der Waals surface area contributed by atoms with Crippen molar-refractivity contribution in [1.82, 2.24) is 10.6 Å². The maximum absolute atomic E-state index is 14.1. The molecule has 1 aromatic rings. The molecular weight excluding hydrogens is 457 g/mol. The van der Waals surface area contributed by atoms with Gasteiger partial charge in [-0.2, -0.15) is 0 Å². The standard InChI is InChI=1S/C17H21ClF3N3.C6H11NO2/c1-4-12(14(5-2)24-10-18)17(22-3)23-9-11-7-6-8-13(15(11)19)16(20)21;1-5(8)6-4-7-2-3-9-6/h6-8,16,24H,3-5,9-10H2,1-2H3;6-7H,2-4H2,1H3/b14-12-,23-17?;. The second-order valence-corrected chi connectivity index (χ2v) is 7.34. The number of morpholine rings is 1. The third kappa shape index (κ3) is 9.27. The first kappa shape index (κ1) is 28.8. The van der Waals surface area contributed by atoms with Crippen LogP contribution < -0.4 is 10.6 Å². The molecule has 1 atom stereocenters. The molecule has 0 aliphatic carbocycles. The molecule has 184 valence electrons. The van der Waals surface area contributed by atoms with Gasteiger partial charge in [0.15, 0.2) is 11.6 Å². The number of allylic oxidation sites excluding steroid dienone is 1. The van der Waals surface area contributed by atoms with Crippen molar-refractivity contribution in [2.75, 3.05) is 25.7 Å². The fraction of sp³-hybridized carbons (Fsp3) is 0.522. The molecule has 2 rings (SSSR count).